The third-order valence-electron chi connectivity index (χ3n) is 4.29. The predicted molar refractivity (Wildman–Crippen MR) is 83.5 cm³/mol. The Balaban J connectivity index is 0.00000161. The van der Waals surface area contributed by atoms with E-state index in [4.69, 9.17) is 0 Å². The van der Waals surface area contributed by atoms with Crippen molar-refractivity contribution in [3.63, 3.8) is 0 Å². The lowest BCUT2D eigenvalue weighted by Gasteiger charge is -2.23. The highest BCUT2D eigenvalue weighted by Gasteiger charge is 2.23. The molecule has 3 nitrogen and oxygen atoms in total. The zero-order chi connectivity index (χ0) is 13.9. The van der Waals surface area contributed by atoms with Crippen LogP contribution in [0.3, 0.4) is 0 Å². The quantitative estimate of drug-likeness (QED) is 0.897. The zero-order valence-corrected chi connectivity index (χ0v) is 12.8. The summed E-state index contributed by atoms with van der Waals surface area (Å²) in [7, 11) is 0. The summed E-state index contributed by atoms with van der Waals surface area (Å²) >= 11 is 0. The summed E-state index contributed by atoms with van der Waals surface area (Å²) < 4.78 is 14.2. The van der Waals surface area contributed by atoms with Crippen LogP contribution in [0.1, 0.15) is 47.5 Å². The van der Waals surface area contributed by atoms with E-state index in [0.29, 0.717) is 11.5 Å². The van der Waals surface area contributed by atoms with Gasteiger partial charge >= 0.3 is 0 Å². The van der Waals surface area contributed by atoms with Crippen LogP contribution in [0, 0.1) is 11.7 Å². The lowest BCUT2D eigenvalue weighted by molar-refractivity contribution is 0.0951. The molecular weight excluding hydrogens is 291 g/mol. The van der Waals surface area contributed by atoms with E-state index in [1.807, 2.05) is 0 Å². The number of nitrogens with one attached hydrogen (secondary N) is 2. The van der Waals surface area contributed by atoms with Crippen LogP contribution in [0.25, 0.3) is 0 Å². The highest BCUT2D eigenvalue weighted by molar-refractivity contribution is 5.94. The van der Waals surface area contributed by atoms with Crippen LogP contribution in [0.2, 0.25) is 0 Å². The smallest absolute Gasteiger partial charge is 0.251 e. The molecule has 116 valence electrons. The standard InChI is InChI=1S/C16H21FN2O.ClH/c17-15-9-13(16(20)19-10-11-1-2-11)3-4-14(15)12-5-7-18-8-6-12;/h3-4,9,11-12,18H,1-2,5-8,10H2,(H,19,20);1H. The van der Waals surface area contributed by atoms with Crippen molar-refractivity contribution in [2.75, 3.05) is 19.6 Å². The number of hydrogen-bond acceptors (Lipinski definition) is 2. The Morgan fingerprint density at radius 3 is 2.57 bits per heavy atom. The first-order valence-electron chi connectivity index (χ1n) is 7.52. The van der Waals surface area contributed by atoms with Crippen molar-refractivity contribution in [1.29, 1.82) is 0 Å². The maximum atomic E-state index is 14.2. The molecule has 1 aromatic carbocycles. The lowest BCUT2D eigenvalue weighted by atomic mass is 9.89. The molecular formula is C16H22ClFN2O. The van der Waals surface area contributed by atoms with Gasteiger partial charge in [-0.3, -0.25) is 4.79 Å². The maximum absolute atomic E-state index is 14.2. The van der Waals surface area contributed by atoms with Crippen LogP contribution < -0.4 is 10.6 Å². The molecule has 3 rings (SSSR count). The third kappa shape index (κ3) is 4.17. The fourth-order valence-electron chi connectivity index (χ4n) is 2.79. The number of piperidine rings is 1. The Bertz CT molecular complexity index is 499. The first kappa shape index (κ1) is 16.2. The first-order valence-corrected chi connectivity index (χ1v) is 7.52. The second-order valence-electron chi connectivity index (χ2n) is 5.91. The van der Waals surface area contributed by atoms with Gasteiger partial charge in [0, 0.05) is 12.1 Å². The molecule has 0 spiro atoms. The molecule has 1 heterocycles. The van der Waals surface area contributed by atoms with Gasteiger partial charge in [0.15, 0.2) is 0 Å². The van der Waals surface area contributed by atoms with E-state index in [1.165, 1.54) is 18.9 Å². The highest BCUT2D eigenvalue weighted by atomic mass is 35.5. The van der Waals surface area contributed by atoms with E-state index in [2.05, 4.69) is 10.6 Å². The molecule has 21 heavy (non-hydrogen) atoms. The van der Waals surface area contributed by atoms with Gasteiger partial charge in [0.1, 0.15) is 5.82 Å². The SMILES string of the molecule is Cl.O=C(NCC1CC1)c1ccc(C2CCNCC2)c(F)c1. The summed E-state index contributed by atoms with van der Waals surface area (Å²) in [5.74, 6) is 0.515. The van der Waals surface area contributed by atoms with Crippen molar-refractivity contribution < 1.29 is 9.18 Å². The van der Waals surface area contributed by atoms with Crippen molar-refractivity contribution in [2.45, 2.75) is 31.6 Å². The molecule has 0 aromatic heterocycles. The molecule has 5 heteroatoms. The van der Waals surface area contributed by atoms with Gasteiger partial charge in [-0.05, 0) is 68.3 Å². The molecule has 0 atom stereocenters. The largest absolute Gasteiger partial charge is 0.352 e. The normalized spacial score (nSPS) is 18.9. The van der Waals surface area contributed by atoms with Crippen molar-refractivity contribution in [2.24, 2.45) is 5.92 Å². The minimum absolute atomic E-state index is 0. The monoisotopic (exact) mass is 312 g/mol. The molecule has 2 fully saturated rings. The number of halogens is 2. The van der Waals surface area contributed by atoms with Gasteiger partial charge < -0.3 is 10.6 Å². The fraction of sp³-hybridized carbons (Fsp3) is 0.562. The first-order chi connectivity index (χ1) is 9.74. The zero-order valence-electron chi connectivity index (χ0n) is 12.0. The summed E-state index contributed by atoms with van der Waals surface area (Å²) in [4.78, 5) is 11.9. The van der Waals surface area contributed by atoms with E-state index in [1.54, 1.807) is 12.1 Å². The topological polar surface area (TPSA) is 41.1 Å². The predicted octanol–water partition coefficient (Wildman–Crippen LogP) is 2.85. The Kier molecular flexibility index (Phi) is 5.59. The van der Waals surface area contributed by atoms with Gasteiger partial charge in [-0.15, -0.1) is 12.4 Å². The lowest BCUT2D eigenvalue weighted by Crippen LogP contribution is -2.27. The molecule has 0 unspecified atom stereocenters. The third-order valence-corrected chi connectivity index (χ3v) is 4.29. The highest BCUT2D eigenvalue weighted by Crippen LogP contribution is 2.29. The van der Waals surface area contributed by atoms with Crippen LogP contribution in [-0.4, -0.2) is 25.5 Å². The number of carbonyl (C=O) groups is 1. The molecule has 1 aliphatic carbocycles. The second-order valence-corrected chi connectivity index (χ2v) is 5.91. The van der Waals surface area contributed by atoms with Gasteiger partial charge in [-0.25, -0.2) is 4.39 Å². The summed E-state index contributed by atoms with van der Waals surface area (Å²) in [6.45, 7) is 2.60. The van der Waals surface area contributed by atoms with Crippen molar-refractivity contribution >= 4 is 18.3 Å². The average molecular weight is 313 g/mol. The molecule has 2 aliphatic rings. The Morgan fingerprint density at radius 2 is 1.95 bits per heavy atom. The molecule has 1 saturated carbocycles. The van der Waals surface area contributed by atoms with Crippen molar-refractivity contribution in [1.82, 2.24) is 10.6 Å². The van der Waals surface area contributed by atoms with Crippen LogP contribution in [0.15, 0.2) is 18.2 Å². The van der Waals surface area contributed by atoms with E-state index in [9.17, 15) is 9.18 Å². The molecule has 0 radical (unpaired) electrons. The van der Waals surface area contributed by atoms with E-state index in [0.717, 1.165) is 38.0 Å². The molecule has 0 bridgehead atoms. The van der Waals surface area contributed by atoms with E-state index >= 15 is 0 Å². The molecule has 1 amide bonds. The second kappa shape index (κ2) is 7.23. The summed E-state index contributed by atoms with van der Waals surface area (Å²) in [5.41, 5.74) is 1.19. The number of amides is 1. The summed E-state index contributed by atoms with van der Waals surface area (Å²) in [6, 6.07) is 4.93. The summed E-state index contributed by atoms with van der Waals surface area (Å²) in [6.07, 6.45) is 4.32. The van der Waals surface area contributed by atoms with Crippen LogP contribution in [0.5, 0.6) is 0 Å². The summed E-state index contributed by atoms with van der Waals surface area (Å²) in [5, 5.41) is 6.15. The van der Waals surface area contributed by atoms with Crippen molar-refractivity contribution in [3.8, 4) is 0 Å². The van der Waals surface area contributed by atoms with E-state index in [-0.39, 0.29) is 30.0 Å². The van der Waals surface area contributed by atoms with Crippen LogP contribution in [-0.2, 0) is 0 Å². The minimum Gasteiger partial charge on any atom is -0.352 e. The molecule has 2 N–H and O–H groups in total. The number of rotatable bonds is 4. The number of hydrogen-bond donors (Lipinski definition) is 2. The molecule has 1 aliphatic heterocycles. The van der Waals surface area contributed by atoms with Gasteiger partial charge in [-0.2, -0.15) is 0 Å². The van der Waals surface area contributed by atoms with E-state index < -0.39 is 0 Å². The average Bonchev–Trinajstić information content (AvgIpc) is 3.30. The maximum Gasteiger partial charge on any atom is 0.251 e. The Labute approximate surface area is 131 Å². The number of benzene rings is 1. The van der Waals surface area contributed by atoms with Gasteiger partial charge in [-0.1, -0.05) is 6.07 Å². The van der Waals surface area contributed by atoms with Gasteiger partial charge in [0.05, 0.1) is 0 Å². The number of carbonyl (C=O) groups excluding carboxylic acids is 1. The minimum atomic E-state index is -0.240. The van der Waals surface area contributed by atoms with Crippen LogP contribution >= 0.6 is 12.4 Å². The van der Waals surface area contributed by atoms with Crippen molar-refractivity contribution in [3.05, 3.63) is 35.1 Å². The Morgan fingerprint density at radius 1 is 1.24 bits per heavy atom. The Hall–Kier alpha value is -1.13. The van der Waals surface area contributed by atoms with Gasteiger partial charge in [0.2, 0.25) is 0 Å². The van der Waals surface area contributed by atoms with Gasteiger partial charge in [0.25, 0.3) is 5.91 Å². The molecule has 1 saturated heterocycles. The fourth-order valence-corrected chi connectivity index (χ4v) is 2.79. The molecule has 1 aromatic rings. The van der Waals surface area contributed by atoms with Crippen LogP contribution in [0.4, 0.5) is 4.39 Å².